The molecular weight excluding hydrogens is 404 g/mol. The molecule has 146 valence electrons. The number of rotatable bonds is 3. The second-order valence-electron chi connectivity index (χ2n) is 6.65. The van der Waals surface area contributed by atoms with Crippen molar-refractivity contribution in [1.82, 2.24) is 15.1 Å². The molecule has 1 aromatic carbocycles. The Kier molecular flexibility index (Phi) is 5.31. The van der Waals surface area contributed by atoms with Crippen LogP contribution in [0.2, 0.25) is 10.0 Å². The summed E-state index contributed by atoms with van der Waals surface area (Å²) in [6.45, 7) is 3.51. The molecule has 2 aromatic rings. The van der Waals surface area contributed by atoms with Crippen LogP contribution >= 0.6 is 23.2 Å². The molecule has 0 saturated carbocycles. The third-order valence-corrected chi connectivity index (χ3v) is 4.93. The number of anilines is 1. The zero-order valence-corrected chi connectivity index (χ0v) is 16.0. The molecule has 2 N–H and O–H groups in total. The maximum Gasteiger partial charge on any atom is 0.410 e. The van der Waals surface area contributed by atoms with Crippen LogP contribution in [0.5, 0.6) is 0 Å². The fraction of sp³-hybridized carbons (Fsp3) is 0.412. The van der Waals surface area contributed by atoms with Gasteiger partial charge in [-0.3, -0.25) is 4.79 Å². The number of hydrogen-bond acceptors (Lipinski definition) is 3. The minimum Gasteiger partial charge on any atom is -0.363 e. The number of carbonyl (C=O) groups excluding carboxylic acids is 1. The Balaban J connectivity index is 1.98. The Bertz CT molecular complexity index is 866. The summed E-state index contributed by atoms with van der Waals surface area (Å²) in [5, 5.41) is 10.1. The van der Waals surface area contributed by atoms with E-state index in [4.69, 9.17) is 23.2 Å². The molecular formula is C17H17Cl2F3N4O. The molecule has 1 aliphatic heterocycles. The molecule has 0 bridgehead atoms. The van der Waals surface area contributed by atoms with Crippen LogP contribution in [0.1, 0.15) is 48.4 Å². The van der Waals surface area contributed by atoms with Crippen molar-refractivity contribution in [1.29, 1.82) is 0 Å². The van der Waals surface area contributed by atoms with Crippen LogP contribution in [-0.4, -0.2) is 27.9 Å². The van der Waals surface area contributed by atoms with Gasteiger partial charge in [0.15, 0.2) is 11.7 Å². The number of alkyl halides is 3. The smallest absolute Gasteiger partial charge is 0.363 e. The summed E-state index contributed by atoms with van der Waals surface area (Å²) >= 11 is 11.9. The number of aromatic nitrogens is 2. The van der Waals surface area contributed by atoms with E-state index in [1.165, 1.54) is 18.2 Å². The van der Waals surface area contributed by atoms with Gasteiger partial charge in [-0.25, -0.2) is 4.68 Å². The van der Waals surface area contributed by atoms with Crippen molar-refractivity contribution in [3.63, 3.8) is 0 Å². The molecule has 3 rings (SSSR count). The number of nitrogens with one attached hydrogen (secondary N) is 2. The van der Waals surface area contributed by atoms with Crippen LogP contribution < -0.4 is 10.6 Å². The highest BCUT2D eigenvalue weighted by Crippen LogP contribution is 2.44. The number of carbonyl (C=O) groups is 1. The second-order valence-corrected chi connectivity index (χ2v) is 7.47. The molecule has 2 heterocycles. The molecule has 2 atom stereocenters. The van der Waals surface area contributed by atoms with Gasteiger partial charge in [-0.15, -0.1) is 0 Å². The van der Waals surface area contributed by atoms with Gasteiger partial charge in [0.05, 0.1) is 16.1 Å². The van der Waals surface area contributed by atoms with E-state index in [-0.39, 0.29) is 29.0 Å². The number of nitrogens with zero attached hydrogens (tertiary/aromatic N) is 2. The van der Waals surface area contributed by atoms with Crippen LogP contribution in [0.3, 0.4) is 0 Å². The number of amides is 1. The van der Waals surface area contributed by atoms with E-state index in [2.05, 4.69) is 15.7 Å². The first-order chi connectivity index (χ1) is 12.6. The van der Waals surface area contributed by atoms with Crippen molar-refractivity contribution in [3.8, 4) is 0 Å². The maximum absolute atomic E-state index is 13.6. The summed E-state index contributed by atoms with van der Waals surface area (Å²) in [4.78, 5) is 12.1. The molecule has 1 aliphatic rings. The zero-order valence-electron chi connectivity index (χ0n) is 14.4. The van der Waals surface area contributed by atoms with Crippen molar-refractivity contribution in [2.45, 2.75) is 44.6 Å². The highest BCUT2D eigenvalue weighted by molar-refractivity contribution is 6.42. The minimum absolute atomic E-state index is 0.0739. The van der Waals surface area contributed by atoms with Gasteiger partial charge in [0, 0.05) is 18.5 Å². The Morgan fingerprint density at radius 1 is 1.30 bits per heavy atom. The van der Waals surface area contributed by atoms with E-state index in [9.17, 15) is 18.0 Å². The van der Waals surface area contributed by atoms with Gasteiger partial charge in [-0.2, -0.15) is 18.3 Å². The molecule has 10 heteroatoms. The van der Waals surface area contributed by atoms with Crippen molar-refractivity contribution in [2.75, 3.05) is 5.32 Å². The first-order valence-corrected chi connectivity index (χ1v) is 9.00. The predicted octanol–water partition coefficient (Wildman–Crippen LogP) is 4.99. The van der Waals surface area contributed by atoms with Crippen LogP contribution in [0, 0.1) is 0 Å². The fourth-order valence-corrected chi connectivity index (χ4v) is 3.27. The quantitative estimate of drug-likeness (QED) is 0.735. The molecule has 1 aromatic heterocycles. The Morgan fingerprint density at radius 2 is 2.00 bits per heavy atom. The summed E-state index contributed by atoms with van der Waals surface area (Å²) in [6.07, 6.45) is -4.81. The van der Waals surface area contributed by atoms with E-state index >= 15 is 0 Å². The molecule has 0 spiro atoms. The zero-order chi connectivity index (χ0) is 19.9. The third kappa shape index (κ3) is 4.16. The fourth-order valence-electron chi connectivity index (χ4n) is 2.97. The molecule has 5 nitrogen and oxygen atoms in total. The van der Waals surface area contributed by atoms with E-state index in [0.717, 1.165) is 4.68 Å². The first kappa shape index (κ1) is 19.8. The highest BCUT2D eigenvalue weighted by atomic mass is 35.5. The van der Waals surface area contributed by atoms with Gasteiger partial charge in [0.25, 0.3) is 5.91 Å². The van der Waals surface area contributed by atoms with Gasteiger partial charge in [0.2, 0.25) is 0 Å². The number of fused-ring (bicyclic) bond motifs is 1. The molecule has 2 unspecified atom stereocenters. The lowest BCUT2D eigenvalue weighted by atomic mass is 9.97. The van der Waals surface area contributed by atoms with Gasteiger partial charge >= 0.3 is 6.18 Å². The summed E-state index contributed by atoms with van der Waals surface area (Å²) in [5.41, 5.74) is 0.495. The number of halogens is 5. The van der Waals surface area contributed by atoms with Crippen LogP contribution in [0.25, 0.3) is 0 Å². The van der Waals surface area contributed by atoms with E-state index in [1.807, 2.05) is 0 Å². The monoisotopic (exact) mass is 420 g/mol. The van der Waals surface area contributed by atoms with Crippen molar-refractivity contribution < 1.29 is 18.0 Å². The summed E-state index contributed by atoms with van der Waals surface area (Å²) in [6, 6.07) is 3.33. The van der Waals surface area contributed by atoms with Gasteiger partial charge < -0.3 is 10.6 Å². The molecule has 0 aliphatic carbocycles. The Labute approximate surface area is 163 Å². The summed E-state index contributed by atoms with van der Waals surface area (Å²) in [7, 11) is 0. The number of benzene rings is 1. The Morgan fingerprint density at radius 3 is 2.59 bits per heavy atom. The molecule has 0 radical (unpaired) electrons. The number of hydrogen-bond donors (Lipinski definition) is 2. The van der Waals surface area contributed by atoms with Crippen LogP contribution in [0.4, 0.5) is 19.0 Å². The summed E-state index contributed by atoms with van der Waals surface area (Å²) in [5.74, 6) is -0.408. The minimum atomic E-state index is -4.52. The lowest BCUT2D eigenvalue weighted by Crippen LogP contribution is -2.36. The van der Waals surface area contributed by atoms with Crippen molar-refractivity contribution in [2.24, 2.45) is 0 Å². The van der Waals surface area contributed by atoms with E-state index in [0.29, 0.717) is 10.6 Å². The van der Waals surface area contributed by atoms with E-state index < -0.39 is 24.2 Å². The lowest BCUT2D eigenvalue weighted by Gasteiger charge is -2.33. The normalized spacial score (nSPS) is 19.6. The van der Waals surface area contributed by atoms with Crippen LogP contribution in [-0.2, 0) is 0 Å². The maximum atomic E-state index is 13.6. The predicted molar refractivity (Wildman–Crippen MR) is 97.4 cm³/mol. The highest BCUT2D eigenvalue weighted by Gasteiger charge is 2.46. The second kappa shape index (κ2) is 7.24. The largest absolute Gasteiger partial charge is 0.410 e. The summed E-state index contributed by atoms with van der Waals surface area (Å²) < 4.78 is 41.7. The Hall–Kier alpha value is -1.93. The van der Waals surface area contributed by atoms with Crippen molar-refractivity contribution >= 4 is 34.9 Å². The molecule has 0 saturated heterocycles. The average molecular weight is 421 g/mol. The van der Waals surface area contributed by atoms with E-state index in [1.54, 1.807) is 19.9 Å². The van der Waals surface area contributed by atoms with Gasteiger partial charge in [-0.1, -0.05) is 29.3 Å². The van der Waals surface area contributed by atoms with Crippen LogP contribution in [0.15, 0.2) is 24.3 Å². The topological polar surface area (TPSA) is 59.0 Å². The SMILES string of the molecule is CC(C)NC(=O)c1cc2n(n1)C(C(F)(F)F)CC(c1ccc(Cl)c(Cl)c1)N2. The van der Waals surface area contributed by atoms with Gasteiger partial charge in [-0.05, 0) is 31.5 Å². The molecule has 1 amide bonds. The lowest BCUT2D eigenvalue weighted by molar-refractivity contribution is -0.173. The molecule has 27 heavy (non-hydrogen) atoms. The third-order valence-electron chi connectivity index (χ3n) is 4.19. The van der Waals surface area contributed by atoms with Crippen molar-refractivity contribution in [3.05, 3.63) is 45.6 Å². The first-order valence-electron chi connectivity index (χ1n) is 8.25. The molecule has 0 fully saturated rings. The average Bonchev–Trinajstić information content (AvgIpc) is 2.99. The van der Waals surface area contributed by atoms with Gasteiger partial charge in [0.1, 0.15) is 5.82 Å². The standard InChI is InChI=1S/C17H17Cl2F3N4O/c1-8(2)23-16(27)13-7-15-24-12(9-3-4-10(18)11(19)5-9)6-14(17(20,21)22)26(15)25-13/h3-5,7-8,12,14,24H,6H2,1-2H3,(H,23,27).